The van der Waals surface area contributed by atoms with E-state index in [1.165, 1.54) is 166 Å². The molecule has 1 aliphatic heterocycles. The molecule has 0 saturated carbocycles. The molecule has 2 N–H and O–H groups in total. The van der Waals surface area contributed by atoms with E-state index in [2.05, 4.69) is 421 Å². The standard InChI is InChI=1S/2C34H40Cl2FN.C28H39N.C24H19NSi.C6H2BrCl2F/c2*1-31(2)13-15-33(5,6)26-19-22(9-11-24(26)31)38(29-18-21(37)17-28(35)30(29)36)23-10-12-25-27(20-23)34(7,8)16-14-32(25,3)4;1-25(2)13-15-27(5,6)23-17-19(9-11-21(23)25)29-20-10-12-22-24(18-20)28(7,8)16-14-26(22,3)4;1-3-11-19(12-4-1)26(20-13-5-2-6-14-20)23-17-9-7-15-21(23)25-22-16-8-10-18-24(22)26;7-4-1-3(10)2-5(8)6(4)9/h2*9-12,17-20H,13-16H2,1-8H3;9-12,17-18,29H,13-16H2,1-8H3;1-18,25H;1-2H. The summed E-state index contributed by atoms with van der Waals surface area (Å²) in [6.45, 7) is 56.4. The van der Waals surface area contributed by atoms with Gasteiger partial charge in [-0.05, 0) is 367 Å². The molecule has 1 heterocycles. The topological polar surface area (TPSA) is 30.5 Å². The highest BCUT2D eigenvalue weighted by Crippen LogP contribution is 2.58. The minimum absolute atomic E-state index is 0.0395. The van der Waals surface area contributed by atoms with Gasteiger partial charge in [0.25, 0.3) is 0 Å². The van der Waals surface area contributed by atoms with Crippen LogP contribution in [0.2, 0.25) is 30.1 Å². The lowest BCUT2D eigenvalue weighted by atomic mass is 9.63. The Kier molecular flexibility index (Phi) is 29.0. The van der Waals surface area contributed by atoms with Gasteiger partial charge in [0, 0.05) is 50.0 Å². The number of nitrogens with one attached hydrogen (secondary N) is 2. The van der Waals surface area contributed by atoms with Gasteiger partial charge in [0.2, 0.25) is 0 Å². The Bertz CT molecular complexity index is 6360. The maximum Gasteiger partial charge on any atom is 0.183 e. The van der Waals surface area contributed by atoms with Crippen molar-refractivity contribution in [3.8, 4) is 0 Å². The van der Waals surface area contributed by atoms with E-state index in [0.29, 0.717) is 30.9 Å². The molecule has 0 bridgehead atoms. The molecule has 4 nitrogen and oxygen atoms in total. The van der Waals surface area contributed by atoms with Gasteiger partial charge in [-0.3, -0.25) is 0 Å². The van der Waals surface area contributed by atoms with Crippen LogP contribution in [0.15, 0.2) is 259 Å². The Morgan fingerprint density at radius 1 is 0.255 bits per heavy atom. The van der Waals surface area contributed by atoms with Crippen LogP contribution in [0.5, 0.6) is 0 Å². The summed E-state index contributed by atoms with van der Waals surface area (Å²) in [5.74, 6) is -1.21. The van der Waals surface area contributed by atoms with Crippen LogP contribution in [0.3, 0.4) is 0 Å². The van der Waals surface area contributed by atoms with Crippen molar-refractivity contribution in [3.63, 3.8) is 0 Å². The third-order valence-electron chi connectivity index (χ3n) is 33.1. The molecule has 0 unspecified atom stereocenters. The molecule has 15 heteroatoms. The first-order chi connectivity index (χ1) is 65.9. The molecular weight excluding hydrogens is 1950 g/mol. The second-order valence-corrected chi connectivity index (χ2v) is 55.6. The molecule has 0 radical (unpaired) electrons. The molecular formula is C126H140BrCl6F3N4Si. The van der Waals surface area contributed by atoms with E-state index in [0.717, 1.165) is 80.2 Å². The Morgan fingerprint density at radius 2 is 0.482 bits per heavy atom. The van der Waals surface area contributed by atoms with Crippen molar-refractivity contribution in [2.24, 2.45) is 0 Å². The van der Waals surface area contributed by atoms with Crippen molar-refractivity contribution in [1.29, 1.82) is 0 Å². The van der Waals surface area contributed by atoms with Crippen LogP contribution in [0.1, 0.15) is 310 Å². The average molecular weight is 2090 g/mol. The van der Waals surface area contributed by atoms with Gasteiger partial charge in [-0.25, -0.2) is 13.2 Å². The lowest BCUT2D eigenvalue weighted by molar-refractivity contribution is 0.332. The largest absolute Gasteiger partial charge is 0.356 e. The number of benzene rings is 13. The van der Waals surface area contributed by atoms with E-state index in [9.17, 15) is 13.2 Å². The highest BCUT2D eigenvalue weighted by atomic mass is 79.9. The third kappa shape index (κ3) is 20.7. The minimum Gasteiger partial charge on any atom is -0.356 e. The number of fused-ring (bicyclic) bond motifs is 8. The summed E-state index contributed by atoms with van der Waals surface area (Å²) in [5.41, 5.74) is 28.4. The van der Waals surface area contributed by atoms with Gasteiger partial charge >= 0.3 is 0 Å². The van der Waals surface area contributed by atoms with Crippen molar-refractivity contribution in [2.45, 2.75) is 308 Å². The first-order valence-corrected chi connectivity index (χ1v) is 55.4. The normalized spacial score (nSPS) is 19.0. The SMILES string of the molecule is CC1(C)CCC(C)(C)c2cc(N(c3ccc4c(c3)C(C)(C)CCC4(C)C)c3cc(F)cc(Cl)c3Cl)ccc21.CC1(C)CCC(C)(C)c2cc(N(c3ccc4c(c3)C(C)(C)CCC4(C)C)c3cc(F)cc(Cl)c3Cl)ccc21.CC1(C)CCC(C)(C)c2cc(Nc3ccc4c(c3)C(C)(C)CCC4(C)C)ccc21.Fc1cc(Cl)c(Cl)c(Br)c1.c1ccc([Si]2(c3ccccc3)c3ccccc3Nc3ccccc32)cc1. The molecule has 0 saturated heterocycles. The number of hydrogen-bond acceptors (Lipinski definition) is 4. The van der Waals surface area contributed by atoms with Crippen LogP contribution >= 0.6 is 85.5 Å². The molecule has 0 aromatic heterocycles. The van der Waals surface area contributed by atoms with Gasteiger partial charge in [-0.15, -0.1) is 0 Å². The lowest BCUT2D eigenvalue weighted by Gasteiger charge is -2.43. The molecule has 13 aromatic carbocycles. The Hall–Kier alpha value is -8.71. The van der Waals surface area contributed by atoms with Crippen LogP contribution in [-0.2, 0) is 65.0 Å². The first-order valence-electron chi connectivity index (χ1n) is 50.3. The number of rotatable bonds is 10. The second kappa shape index (κ2) is 38.9. The minimum atomic E-state index is -2.34. The maximum atomic E-state index is 14.8. The van der Waals surface area contributed by atoms with Gasteiger partial charge < -0.3 is 20.4 Å². The molecule has 0 fully saturated rings. The van der Waals surface area contributed by atoms with Gasteiger partial charge in [-0.1, -0.05) is 369 Å². The number of nitrogens with zero attached hydrogens (tertiary/aromatic N) is 2. The molecule has 13 aromatic rings. The molecule has 20 rings (SSSR count). The zero-order valence-corrected chi connectivity index (χ0v) is 94.0. The maximum absolute atomic E-state index is 14.8. The zero-order valence-electron chi connectivity index (χ0n) is 86.9. The molecule has 0 spiro atoms. The Balaban J connectivity index is 0.000000132. The van der Waals surface area contributed by atoms with Crippen LogP contribution < -0.4 is 41.2 Å². The van der Waals surface area contributed by atoms with Gasteiger partial charge in [0.05, 0.1) is 41.5 Å². The van der Waals surface area contributed by atoms with Gasteiger partial charge in [0.15, 0.2) is 8.07 Å². The summed E-state index contributed by atoms with van der Waals surface area (Å²) in [4.78, 5) is 4.18. The van der Waals surface area contributed by atoms with Crippen LogP contribution in [0.25, 0.3) is 0 Å². The van der Waals surface area contributed by atoms with Crippen LogP contribution in [0, 0.1) is 17.5 Å². The third-order valence-corrected chi connectivity index (χ3v) is 41.2. The molecule has 738 valence electrons. The van der Waals surface area contributed by atoms with E-state index < -0.39 is 25.5 Å². The van der Waals surface area contributed by atoms with Crippen LogP contribution in [0.4, 0.5) is 70.0 Å². The molecule has 6 aliphatic carbocycles. The smallest absolute Gasteiger partial charge is 0.183 e. The van der Waals surface area contributed by atoms with Crippen molar-refractivity contribution < 1.29 is 13.2 Å². The van der Waals surface area contributed by atoms with Crippen LogP contribution in [-0.4, -0.2) is 8.07 Å². The number of halogens is 10. The van der Waals surface area contributed by atoms with E-state index in [4.69, 9.17) is 69.6 Å². The molecule has 7 aliphatic rings. The summed E-state index contributed by atoms with van der Waals surface area (Å²) in [7, 11) is -2.34. The Labute approximate surface area is 879 Å². The predicted molar refractivity (Wildman–Crippen MR) is 608 cm³/mol. The monoisotopic (exact) mass is 2080 g/mol. The summed E-state index contributed by atoms with van der Waals surface area (Å²) < 4.78 is 42.6. The van der Waals surface area contributed by atoms with E-state index in [1.54, 1.807) is 0 Å². The van der Waals surface area contributed by atoms with E-state index in [1.807, 2.05) is 0 Å². The zero-order chi connectivity index (χ0) is 102. The van der Waals surface area contributed by atoms with E-state index >= 15 is 0 Å². The van der Waals surface area contributed by atoms with E-state index in [-0.39, 0.29) is 80.0 Å². The average Bonchev–Trinajstić information content (AvgIpc) is 0.665. The molecule has 0 amide bonds. The fourth-order valence-corrected chi connectivity index (χ4v) is 30.1. The summed E-state index contributed by atoms with van der Waals surface area (Å²) in [6, 6.07) is 88.6. The number of anilines is 10. The Morgan fingerprint density at radius 3 is 0.752 bits per heavy atom. The fraction of sp³-hybridized carbons (Fsp3) is 0.381. The van der Waals surface area contributed by atoms with Gasteiger partial charge in [0.1, 0.15) is 17.5 Å². The number of para-hydroxylation sites is 2. The number of hydrogen-bond donors (Lipinski definition) is 2. The second-order valence-electron chi connectivity index (χ2n) is 48.7. The van der Waals surface area contributed by atoms with Crippen molar-refractivity contribution in [1.82, 2.24) is 0 Å². The van der Waals surface area contributed by atoms with Crippen molar-refractivity contribution in [3.05, 3.63) is 374 Å². The van der Waals surface area contributed by atoms with Crippen molar-refractivity contribution in [2.75, 3.05) is 20.4 Å². The highest BCUT2D eigenvalue weighted by Gasteiger charge is 2.49. The summed E-state index contributed by atoms with van der Waals surface area (Å²) in [5, 5.41) is 14.8. The fourth-order valence-electron chi connectivity index (χ4n) is 23.4. The molecule has 141 heavy (non-hydrogen) atoms. The predicted octanol–water partition coefficient (Wildman–Crippen LogP) is 37.7. The lowest BCUT2D eigenvalue weighted by Crippen LogP contribution is -2.76. The summed E-state index contributed by atoms with van der Waals surface area (Å²) >= 11 is 40.7. The summed E-state index contributed by atoms with van der Waals surface area (Å²) in [6.07, 6.45) is 14.1. The first kappa shape index (κ1) is 105. The van der Waals surface area contributed by atoms with Gasteiger partial charge in [-0.2, -0.15) is 0 Å². The highest BCUT2D eigenvalue weighted by molar-refractivity contribution is 9.10. The van der Waals surface area contributed by atoms with Crippen molar-refractivity contribution >= 4 is 171 Å². The quantitative estimate of drug-likeness (QED) is 0.0812. The molecule has 0 atom stereocenters.